The zero-order valence-corrected chi connectivity index (χ0v) is 11.5. The quantitative estimate of drug-likeness (QED) is 0.813. The molecule has 19 heavy (non-hydrogen) atoms. The Morgan fingerprint density at radius 1 is 1.37 bits per heavy atom. The third-order valence-electron chi connectivity index (χ3n) is 3.60. The predicted octanol–water partition coefficient (Wildman–Crippen LogP) is 2.86. The van der Waals surface area contributed by atoms with Crippen LogP contribution in [0.25, 0.3) is 0 Å². The highest BCUT2D eigenvalue weighted by Gasteiger charge is 2.40. The number of nitrogens with zero attached hydrogens (tertiary/aromatic N) is 2. The van der Waals surface area contributed by atoms with Crippen molar-refractivity contribution in [2.75, 3.05) is 10.2 Å². The van der Waals surface area contributed by atoms with Gasteiger partial charge >= 0.3 is 0 Å². The minimum atomic E-state index is -0.182. The van der Waals surface area contributed by atoms with E-state index in [9.17, 15) is 4.79 Å². The Kier molecular flexibility index (Phi) is 2.20. The summed E-state index contributed by atoms with van der Waals surface area (Å²) < 4.78 is 0.859. The Bertz CT molecular complexity index is 701. The first-order valence-electron chi connectivity index (χ1n) is 6.07. The van der Waals surface area contributed by atoms with E-state index in [2.05, 4.69) is 32.3 Å². The molecule has 0 aliphatic carbocycles. The first-order valence-corrected chi connectivity index (χ1v) is 6.87. The van der Waals surface area contributed by atoms with E-state index in [0.29, 0.717) is 0 Å². The van der Waals surface area contributed by atoms with Crippen LogP contribution in [0.2, 0.25) is 0 Å². The van der Waals surface area contributed by atoms with Crippen molar-refractivity contribution in [1.82, 2.24) is 4.98 Å². The molecule has 4 nitrogen and oxygen atoms in total. The molecule has 2 aromatic rings. The third kappa shape index (κ3) is 1.51. The Morgan fingerprint density at radius 2 is 2.21 bits per heavy atom. The van der Waals surface area contributed by atoms with E-state index in [1.165, 1.54) is 5.56 Å². The van der Waals surface area contributed by atoms with E-state index < -0.39 is 0 Å². The lowest BCUT2D eigenvalue weighted by Gasteiger charge is -2.32. The summed E-state index contributed by atoms with van der Waals surface area (Å²) >= 11 is 3.38. The largest absolute Gasteiger partial charge is 0.321 e. The van der Waals surface area contributed by atoms with E-state index in [0.717, 1.165) is 28.1 Å². The molecule has 0 saturated heterocycles. The zero-order chi connectivity index (χ0) is 13.0. The van der Waals surface area contributed by atoms with Crippen LogP contribution in [0, 0.1) is 0 Å². The summed E-state index contributed by atoms with van der Waals surface area (Å²) in [6, 6.07) is 9.81. The number of halogens is 1. The number of fused-ring (bicyclic) bond motifs is 5. The smallest absolute Gasteiger partial charge is 0.247 e. The minimum Gasteiger partial charge on any atom is -0.321 e. The molecule has 0 bridgehead atoms. The Hall–Kier alpha value is -1.88. The van der Waals surface area contributed by atoms with Gasteiger partial charge in [0.1, 0.15) is 6.04 Å². The second kappa shape index (κ2) is 3.81. The normalized spacial score (nSPS) is 19.5. The van der Waals surface area contributed by atoms with E-state index >= 15 is 0 Å². The van der Waals surface area contributed by atoms with Crippen LogP contribution in [0.5, 0.6) is 0 Å². The highest BCUT2D eigenvalue weighted by Crippen LogP contribution is 2.43. The van der Waals surface area contributed by atoms with E-state index in [1.54, 1.807) is 6.20 Å². The van der Waals surface area contributed by atoms with Gasteiger partial charge in [-0.1, -0.05) is 18.2 Å². The minimum absolute atomic E-state index is 0.0311. The molecule has 1 N–H and O–H groups in total. The van der Waals surface area contributed by atoms with E-state index in [1.807, 2.05) is 29.2 Å². The van der Waals surface area contributed by atoms with Crippen molar-refractivity contribution in [3.05, 3.63) is 46.6 Å². The number of aromatic nitrogens is 1. The molecule has 4 rings (SSSR count). The number of pyridine rings is 1. The second-order valence-corrected chi connectivity index (χ2v) is 5.65. The number of carbonyl (C=O) groups is 1. The second-order valence-electron chi connectivity index (χ2n) is 4.73. The molecule has 1 amide bonds. The topological polar surface area (TPSA) is 45.2 Å². The van der Waals surface area contributed by atoms with Crippen molar-refractivity contribution in [1.29, 1.82) is 0 Å². The highest BCUT2D eigenvalue weighted by molar-refractivity contribution is 9.10. The average Bonchev–Trinajstić information content (AvgIpc) is 2.79. The number of rotatable bonds is 0. The first kappa shape index (κ1) is 11.0. The van der Waals surface area contributed by atoms with Crippen LogP contribution in [0.4, 0.5) is 17.2 Å². The van der Waals surface area contributed by atoms with Gasteiger partial charge in [-0.15, -0.1) is 0 Å². The molecular formula is C14H10BrN3O. The number of anilines is 3. The molecular weight excluding hydrogens is 306 g/mol. The number of carbonyl (C=O) groups excluding carboxylic acids is 1. The van der Waals surface area contributed by atoms with Crippen LogP contribution in [0.15, 0.2) is 41.0 Å². The molecule has 1 aromatic carbocycles. The molecule has 3 heterocycles. The number of nitrogens with one attached hydrogen (secondary N) is 1. The molecule has 0 saturated carbocycles. The van der Waals surface area contributed by atoms with Gasteiger partial charge in [0, 0.05) is 22.8 Å². The van der Waals surface area contributed by atoms with Crippen molar-refractivity contribution in [2.24, 2.45) is 0 Å². The van der Waals surface area contributed by atoms with Gasteiger partial charge in [0.15, 0.2) is 5.82 Å². The molecule has 1 aromatic heterocycles. The fourth-order valence-electron chi connectivity index (χ4n) is 2.79. The Morgan fingerprint density at radius 3 is 3.11 bits per heavy atom. The number of hydrogen-bond donors (Lipinski definition) is 1. The van der Waals surface area contributed by atoms with Gasteiger partial charge in [-0.3, -0.25) is 4.79 Å². The van der Waals surface area contributed by atoms with E-state index in [-0.39, 0.29) is 11.9 Å². The van der Waals surface area contributed by atoms with Crippen LogP contribution in [0.3, 0.4) is 0 Å². The van der Waals surface area contributed by atoms with Crippen molar-refractivity contribution in [3.8, 4) is 0 Å². The van der Waals surface area contributed by atoms with Crippen molar-refractivity contribution in [3.63, 3.8) is 0 Å². The summed E-state index contributed by atoms with van der Waals surface area (Å²) in [7, 11) is 0. The van der Waals surface area contributed by atoms with Gasteiger partial charge in [0.25, 0.3) is 0 Å². The predicted molar refractivity (Wildman–Crippen MR) is 76.6 cm³/mol. The SMILES string of the molecule is O=C1Nc2cc(Br)cnc2N2c3ccccc3CC12. The van der Waals surface area contributed by atoms with E-state index in [4.69, 9.17) is 0 Å². The van der Waals surface area contributed by atoms with Gasteiger partial charge in [-0.25, -0.2) is 4.98 Å². The summed E-state index contributed by atoms with van der Waals surface area (Å²) in [5, 5.41) is 2.93. The van der Waals surface area contributed by atoms with Gasteiger partial charge in [0.2, 0.25) is 5.91 Å². The maximum Gasteiger partial charge on any atom is 0.247 e. The van der Waals surface area contributed by atoms with Crippen molar-refractivity contribution >= 4 is 39.0 Å². The van der Waals surface area contributed by atoms with Crippen LogP contribution in [0.1, 0.15) is 5.56 Å². The molecule has 5 heteroatoms. The number of benzene rings is 1. The van der Waals surface area contributed by atoms with Crippen molar-refractivity contribution < 1.29 is 4.79 Å². The maximum atomic E-state index is 12.2. The van der Waals surface area contributed by atoms with Gasteiger partial charge < -0.3 is 10.2 Å². The lowest BCUT2D eigenvalue weighted by molar-refractivity contribution is -0.117. The summed E-state index contributed by atoms with van der Waals surface area (Å²) in [5.74, 6) is 0.848. The molecule has 0 spiro atoms. The summed E-state index contributed by atoms with van der Waals surface area (Å²) in [4.78, 5) is 18.7. The molecule has 2 aliphatic heterocycles. The number of hydrogen-bond acceptors (Lipinski definition) is 3. The van der Waals surface area contributed by atoms with Gasteiger partial charge in [-0.05, 0) is 33.6 Å². The molecule has 2 aliphatic rings. The highest BCUT2D eigenvalue weighted by atomic mass is 79.9. The monoisotopic (exact) mass is 315 g/mol. The average molecular weight is 316 g/mol. The molecule has 1 atom stereocenters. The van der Waals surface area contributed by atoms with Crippen LogP contribution in [-0.2, 0) is 11.2 Å². The maximum absolute atomic E-state index is 12.2. The van der Waals surface area contributed by atoms with Crippen LogP contribution < -0.4 is 10.2 Å². The molecule has 1 unspecified atom stereocenters. The number of para-hydroxylation sites is 1. The lowest BCUT2D eigenvalue weighted by atomic mass is 10.1. The van der Waals surface area contributed by atoms with Crippen LogP contribution in [-0.4, -0.2) is 16.9 Å². The third-order valence-corrected chi connectivity index (χ3v) is 4.03. The Balaban J connectivity index is 1.95. The first-order chi connectivity index (χ1) is 9.24. The summed E-state index contributed by atoms with van der Waals surface area (Å²) in [5.41, 5.74) is 3.03. The standard InChI is InChI=1S/C14H10BrN3O/c15-9-6-10-13(16-7-9)18-11-4-2-1-3-8(11)5-12(18)14(19)17-10/h1-4,6-7,12H,5H2,(H,17,19). The summed E-state index contributed by atoms with van der Waals surface area (Å²) in [6.45, 7) is 0. The zero-order valence-electron chi connectivity index (χ0n) is 9.93. The van der Waals surface area contributed by atoms with Gasteiger partial charge in [0.05, 0.1) is 5.69 Å². The number of amides is 1. The fourth-order valence-corrected chi connectivity index (χ4v) is 3.12. The Labute approximate surface area is 118 Å². The lowest BCUT2D eigenvalue weighted by Crippen LogP contribution is -2.43. The summed E-state index contributed by atoms with van der Waals surface area (Å²) in [6.07, 6.45) is 2.49. The van der Waals surface area contributed by atoms with Gasteiger partial charge in [-0.2, -0.15) is 0 Å². The van der Waals surface area contributed by atoms with Crippen molar-refractivity contribution in [2.45, 2.75) is 12.5 Å². The fraction of sp³-hybridized carbons (Fsp3) is 0.143. The van der Waals surface area contributed by atoms with Crippen LogP contribution >= 0.6 is 15.9 Å². The molecule has 0 radical (unpaired) electrons. The molecule has 94 valence electrons. The molecule has 0 fully saturated rings.